The molecule has 22 heavy (non-hydrogen) atoms. The fourth-order valence-electron chi connectivity index (χ4n) is 1.73. The summed E-state index contributed by atoms with van der Waals surface area (Å²) in [4.78, 5) is 11.8. The number of carbonyl (C=O) groups excluding carboxylic acids is 1. The SMILES string of the molecule is N#Cc1ccc(COC(=O)c2cccc(C(F)(F)F)c2)cc1. The zero-order valence-corrected chi connectivity index (χ0v) is 11.2. The van der Waals surface area contributed by atoms with E-state index in [0.29, 0.717) is 11.1 Å². The summed E-state index contributed by atoms with van der Waals surface area (Å²) in [6.45, 7) is -0.0826. The van der Waals surface area contributed by atoms with E-state index < -0.39 is 17.7 Å². The molecule has 0 bridgehead atoms. The van der Waals surface area contributed by atoms with Crippen LogP contribution in [0.2, 0.25) is 0 Å². The number of hydrogen-bond acceptors (Lipinski definition) is 3. The van der Waals surface area contributed by atoms with Crippen molar-refractivity contribution in [3.63, 3.8) is 0 Å². The molecule has 0 saturated carbocycles. The summed E-state index contributed by atoms with van der Waals surface area (Å²) in [5, 5.41) is 8.66. The number of benzene rings is 2. The van der Waals surface area contributed by atoms with Crippen LogP contribution in [-0.4, -0.2) is 5.97 Å². The lowest BCUT2D eigenvalue weighted by molar-refractivity contribution is -0.137. The molecular weight excluding hydrogens is 295 g/mol. The molecule has 0 unspecified atom stereocenters. The average Bonchev–Trinajstić information content (AvgIpc) is 2.52. The monoisotopic (exact) mass is 305 g/mol. The lowest BCUT2D eigenvalue weighted by atomic mass is 10.1. The van der Waals surface area contributed by atoms with Gasteiger partial charge in [-0.1, -0.05) is 18.2 Å². The standard InChI is InChI=1S/C16H10F3NO2/c17-16(18,19)14-3-1-2-13(8-14)15(21)22-10-12-6-4-11(9-20)5-7-12/h1-8H,10H2. The molecule has 3 nitrogen and oxygen atoms in total. The summed E-state index contributed by atoms with van der Waals surface area (Å²) < 4.78 is 42.7. The van der Waals surface area contributed by atoms with E-state index in [1.165, 1.54) is 6.07 Å². The Balaban J connectivity index is 2.04. The van der Waals surface area contributed by atoms with Gasteiger partial charge in [-0.3, -0.25) is 0 Å². The summed E-state index contributed by atoms with van der Waals surface area (Å²) >= 11 is 0. The highest BCUT2D eigenvalue weighted by molar-refractivity contribution is 5.89. The Hall–Kier alpha value is -2.81. The summed E-state index contributed by atoms with van der Waals surface area (Å²) in [7, 11) is 0. The maximum atomic E-state index is 12.6. The van der Waals surface area contributed by atoms with Crippen LogP contribution >= 0.6 is 0 Å². The van der Waals surface area contributed by atoms with E-state index in [9.17, 15) is 18.0 Å². The normalized spacial score (nSPS) is 10.8. The maximum absolute atomic E-state index is 12.6. The third kappa shape index (κ3) is 3.85. The largest absolute Gasteiger partial charge is 0.457 e. The topological polar surface area (TPSA) is 50.1 Å². The Bertz CT molecular complexity index is 715. The van der Waals surface area contributed by atoms with Crippen molar-refractivity contribution >= 4 is 5.97 Å². The van der Waals surface area contributed by atoms with Crippen LogP contribution in [-0.2, 0) is 17.5 Å². The number of nitrogens with zero attached hydrogens (tertiary/aromatic N) is 1. The number of ether oxygens (including phenoxy) is 1. The van der Waals surface area contributed by atoms with Crippen molar-refractivity contribution in [3.05, 3.63) is 70.8 Å². The molecule has 2 aromatic rings. The molecule has 0 saturated heterocycles. The van der Waals surface area contributed by atoms with Crippen LogP contribution in [0.5, 0.6) is 0 Å². The molecule has 0 aliphatic carbocycles. The van der Waals surface area contributed by atoms with Gasteiger partial charge in [-0.25, -0.2) is 4.79 Å². The van der Waals surface area contributed by atoms with Gasteiger partial charge in [0.25, 0.3) is 0 Å². The minimum absolute atomic E-state index is 0.0826. The number of rotatable bonds is 3. The quantitative estimate of drug-likeness (QED) is 0.807. The van der Waals surface area contributed by atoms with E-state index in [-0.39, 0.29) is 12.2 Å². The van der Waals surface area contributed by atoms with Crippen molar-refractivity contribution < 1.29 is 22.7 Å². The Kier molecular flexibility index (Phi) is 4.47. The van der Waals surface area contributed by atoms with E-state index in [0.717, 1.165) is 18.2 Å². The van der Waals surface area contributed by atoms with Crippen molar-refractivity contribution in [2.24, 2.45) is 0 Å². The van der Waals surface area contributed by atoms with Crippen LogP contribution in [0.15, 0.2) is 48.5 Å². The Morgan fingerprint density at radius 1 is 1.14 bits per heavy atom. The molecule has 112 valence electrons. The van der Waals surface area contributed by atoms with Gasteiger partial charge in [-0.15, -0.1) is 0 Å². The summed E-state index contributed by atoms with van der Waals surface area (Å²) in [5.74, 6) is -0.838. The van der Waals surface area contributed by atoms with Gasteiger partial charge in [-0.05, 0) is 35.9 Å². The average molecular weight is 305 g/mol. The van der Waals surface area contributed by atoms with Crippen LogP contribution in [0.25, 0.3) is 0 Å². The molecule has 0 heterocycles. The van der Waals surface area contributed by atoms with Crippen molar-refractivity contribution in [2.75, 3.05) is 0 Å². The Labute approximate surface area is 124 Å². The molecule has 6 heteroatoms. The highest BCUT2D eigenvalue weighted by atomic mass is 19.4. The summed E-state index contributed by atoms with van der Waals surface area (Å²) in [6, 6.07) is 12.3. The third-order valence-electron chi connectivity index (χ3n) is 2.88. The number of esters is 1. The second-order valence-corrected chi connectivity index (χ2v) is 4.46. The van der Waals surface area contributed by atoms with Crippen LogP contribution < -0.4 is 0 Å². The van der Waals surface area contributed by atoms with Gasteiger partial charge in [0.2, 0.25) is 0 Å². The number of halogens is 3. The van der Waals surface area contributed by atoms with Gasteiger partial charge in [0.05, 0.1) is 22.8 Å². The van der Waals surface area contributed by atoms with Crippen LogP contribution in [0.1, 0.15) is 27.0 Å². The fraction of sp³-hybridized carbons (Fsp3) is 0.125. The summed E-state index contributed by atoms with van der Waals surface area (Å²) in [6.07, 6.45) is -4.51. The number of carbonyl (C=O) groups is 1. The minimum atomic E-state index is -4.51. The van der Waals surface area contributed by atoms with Gasteiger partial charge in [0.1, 0.15) is 6.61 Å². The van der Waals surface area contributed by atoms with Crippen molar-refractivity contribution in [3.8, 4) is 6.07 Å². The van der Waals surface area contributed by atoms with Gasteiger partial charge < -0.3 is 4.74 Å². The van der Waals surface area contributed by atoms with Gasteiger partial charge >= 0.3 is 12.1 Å². The molecule has 0 aromatic heterocycles. The molecule has 2 rings (SSSR count). The lowest BCUT2D eigenvalue weighted by Crippen LogP contribution is -2.09. The Morgan fingerprint density at radius 2 is 1.82 bits per heavy atom. The van der Waals surface area contributed by atoms with E-state index in [4.69, 9.17) is 10.00 Å². The number of nitriles is 1. The van der Waals surface area contributed by atoms with Crippen molar-refractivity contribution in [1.82, 2.24) is 0 Å². The lowest BCUT2D eigenvalue weighted by Gasteiger charge is -2.09. The minimum Gasteiger partial charge on any atom is -0.457 e. The van der Waals surface area contributed by atoms with Crippen LogP contribution in [0, 0.1) is 11.3 Å². The van der Waals surface area contributed by atoms with Gasteiger partial charge in [0.15, 0.2) is 0 Å². The van der Waals surface area contributed by atoms with E-state index in [2.05, 4.69) is 0 Å². The first-order valence-corrected chi connectivity index (χ1v) is 6.23. The van der Waals surface area contributed by atoms with Gasteiger partial charge in [-0.2, -0.15) is 18.4 Å². The predicted octanol–water partition coefficient (Wildman–Crippen LogP) is 3.93. The second kappa shape index (κ2) is 6.31. The first kappa shape index (κ1) is 15.6. The number of hydrogen-bond donors (Lipinski definition) is 0. The Morgan fingerprint density at radius 3 is 2.41 bits per heavy atom. The van der Waals surface area contributed by atoms with Crippen LogP contribution in [0.3, 0.4) is 0 Å². The molecule has 0 spiro atoms. The zero-order chi connectivity index (χ0) is 16.2. The molecule has 0 amide bonds. The van der Waals surface area contributed by atoms with Gasteiger partial charge in [0, 0.05) is 0 Å². The maximum Gasteiger partial charge on any atom is 0.416 e. The molecule has 0 aliphatic heterocycles. The van der Waals surface area contributed by atoms with Crippen molar-refractivity contribution in [2.45, 2.75) is 12.8 Å². The molecule has 0 aliphatic rings. The van der Waals surface area contributed by atoms with Crippen molar-refractivity contribution in [1.29, 1.82) is 5.26 Å². The number of alkyl halides is 3. The highest BCUT2D eigenvalue weighted by Gasteiger charge is 2.31. The van der Waals surface area contributed by atoms with E-state index >= 15 is 0 Å². The molecule has 0 atom stereocenters. The first-order chi connectivity index (χ1) is 10.4. The molecule has 0 N–H and O–H groups in total. The molecule has 2 aromatic carbocycles. The second-order valence-electron chi connectivity index (χ2n) is 4.46. The molecule has 0 fully saturated rings. The van der Waals surface area contributed by atoms with Crippen LogP contribution in [0.4, 0.5) is 13.2 Å². The molecule has 0 radical (unpaired) electrons. The first-order valence-electron chi connectivity index (χ1n) is 6.23. The third-order valence-corrected chi connectivity index (χ3v) is 2.88. The predicted molar refractivity (Wildman–Crippen MR) is 71.7 cm³/mol. The fourth-order valence-corrected chi connectivity index (χ4v) is 1.73. The highest BCUT2D eigenvalue weighted by Crippen LogP contribution is 2.29. The smallest absolute Gasteiger partial charge is 0.416 e. The zero-order valence-electron chi connectivity index (χ0n) is 11.2. The van der Waals surface area contributed by atoms with E-state index in [1.807, 2.05) is 6.07 Å². The summed E-state index contributed by atoms with van der Waals surface area (Å²) in [5.41, 5.74) is 0.0380. The molecular formula is C16H10F3NO2. The van der Waals surface area contributed by atoms with E-state index in [1.54, 1.807) is 24.3 Å².